The molecule has 0 spiro atoms. The summed E-state index contributed by atoms with van der Waals surface area (Å²) in [5.74, 6) is 0. The molecule has 0 aliphatic heterocycles. The maximum absolute atomic E-state index is 4.21. The molecular weight excluding hydrogens is 160 g/mol. The molecule has 0 amide bonds. The van der Waals surface area contributed by atoms with Crippen LogP contribution in [0.3, 0.4) is 0 Å². The van der Waals surface area contributed by atoms with Gasteiger partial charge in [-0.3, -0.25) is 0 Å². The van der Waals surface area contributed by atoms with Gasteiger partial charge in [0.2, 0.25) is 0 Å². The van der Waals surface area contributed by atoms with Gasteiger partial charge in [0, 0.05) is 18.1 Å². The molecule has 2 aromatic heterocycles. The van der Waals surface area contributed by atoms with Gasteiger partial charge in [-0.2, -0.15) is 0 Å². The zero-order valence-corrected chi connectivity index (χ0v) is 8.49. The van der Waals surface area contributed by atoms with E-state index in [1.54, 1.807) is 0 Å². The molecule has 0 aromatic carbocycles. The average molecular weight is 176 g/mol. The Balaban J connectivity index is 0.000000396. The van der Waals surface area contributed by atoms with Crippen LogP contribution in [-0.4, -0.2) is 9.38 Å². The van der Waals surface area contributed by atoms with E-state index in [9.17, 15) is 0 Å². The van der Waals surface area contributed by atoms with Gasteiger partial charge in [-0.05, 0) is 24.6 Å². The topological polar surface area (TPSA) is 17.3 Å². The van der Waals surface area contributed by atoms with E-state index in [1.165, 1.54) is 5.69 Å². The van der Waals surface area contributed by atoms with Gasteiger partial charge in [0.25, 0.3) is 0 Å². The van der Waals surface area contributed by atoms with Gasteiger partial charge in [0.05, 0.1) is 0 Å². The fourth-order valence-electron chi connectivity index (χ4n) is 1.29. The Morgan fingerprint density at radius 2 is 2.08 bits per heavy atom. The second-order valence-corrected chi connectivity index (χ2v) is 2.53. The van der Waals surface area contributed by atoms with Crippen molar-refractivity contribution in [3.63, 3.8) is 0 Å². The third-order valence-corrected chi connectivity index (χ3v) is 1.87. The van der Waals surface area contributed by atoms with Crippen molar-refractivity contribution >= 4 is 5.65 Å². The molecular formula is C11H16N2. The molecule has 0 N–H and O–H groups in total. The third kappa shape index (κ3) is 1.89. The normalized spacial score (nSPS) is 9.46. The Hall–Kier alpha value is -1.31. The molecule has 0 aliphatic carbocycles. The largest absolute Gasteiger partial charge is 0.306 e. The van der Waals surface area contributed by atoms with E-state index in [1.807, 2.05) is 38.4 Å². The van der Waals surface area contributed by atoms with Crippen LogP contribution in [0, 0.1) is 0 Å². The minimum atomic E-state index is 1.03. The van der Waals surface area contributed by atoms with Crippen molar-refractivity contribution in [3.05, 3.63) is 36.3 Å². The van der Waals surface area contributed by atoms with Crippen LogP contribution in [0.1, 0.15) is 26.5 Å². The molecule has 0 bridgehead atoms. The second-order valence-electron chi connectivity index (χ2n) is 2.53. The number of hydrogen-bond donors (Lipinski definition) is 0. The molecule has 0 radical (unpaired) electrons. The summed E-state index contributed by atoms with van der Waals surface area (Å²) in [5.41, 5.74) is 2.34. The smallest absolute Gasteiger partial charge is 0.136 e. The molecule has 2 heteroatoms. The number of fused-ring (bicyclic) bond motifs is 1. The lowest BCUT2D eigenvalue weighted by atomic mass is 10.3. The maximum atomic E-state index is 4.21. The zero-order chi connectivity index (χ0) is 9.68. The van der Waals surface area contributed by atoms with Gasteiger partial charge >= 0.3 is 0 Å². The minimum absolute atomic E-state index is 1.03. The van der Waals surface area contributed by atoms with Crippen LogP contribution in [0.15, 0.2) is 30.6 Å². The van der Waals surface area contributed by atoms with Gasteiger partial charge in [0.1, 0.15) is 5.65 Å². The summed E-state index contributed by atoms with van der Waals surface area (Å²) in [4.78, 5) is 4.21. The highest BCUT2D eigenvalue weighted by Crippen LogP contribution is 2.06. The average Bonchev–Trinajstić information content (AvgIpc) is 2.64. The van der Waals surface area contributed by atoms with Crippen LogP contribution in [0.2, 0.25) is 0 Å². The van der Waals surface area contributed by atoms with Gasteiger partial charge < -0.3 is 4.40 Å². The predicted molar refractivity (Wildman–Crippen MR) is 55.9 cm³/mol. The Bertz CT molecular complexity index is 363. The summed E-state index contributed by atoms with van der Waals surface area (Å²) in [6.07, 6.45) is 4.91. The number of aromatic nitrogens is 2. The van der Waals surface area contributed by atoms with E-state index in [2.05, 4.69) is 22.4 Å². The fraction of sp³-hybridized carbons (Fsp3) is 0.364. The lowest BCUT2D eigenvalue weighted by Crippen LogP contribution is -1.90. The van der Waals surface area contributed by atoms with E-state index in [0.717, 1.165) is 12.1 Å². The molecule has 0 saturated heterocycles. The van der Waals surface area contributed by atoms with Gasteiger partial charge in [-0.25, -0.2) is 4.98 Å². The molecule has 0 atom stereocenters. The Morgan fingerprint density at radius 1 is 1.31 bits per heavy atom. The van der Waals surface area contributed by atoms with E-state index in [-0.39, 0.29) is 0 Å². The van der Waals surface area contributed by atoms with E-state index < -0.39 is 0 Å². The van der Waals surface area contributed by atoms with Gasteiger partial charge in [0.15, 0.2) is 0 Å². The number of hydrogen-bond acceptors (Lipinski definition) is 1. The minimum Gasteiger partial charge on any atom is -0.306 e. The monoisotopic (exact) mass is 176 g/mol. The van der Waals surface area contributed by atoms with Gasteiger partial charge in [-0.1, -0.05) is 20.8 Å². The summed E-state index contributed by atoms with van der Waals surface area (Å²) in [5, 5.41) is 0. The van der Waals surface area contributed by atoms with Crippen LogP contribution in [0.5, 0.6) is 0 Å². The molecule has 0 saturated carbocycles. The lowest BCUT2D eigenvalue weighted by Gasteiger charge is -1.96. The lowest BCUT2D eigenvalue weighted by molar-refractivity contribution is 0.979. The highest BCUT2D eigenvalue weighted by atomic mass is 15.0. The highest BCUT2D eigenvalue weighted by Gasteiger charge is 1.96. The Kier molecular flexibility index (Phi) is 3.50. The first kappa shape index (κ1) is 9.78. The molecule has 70 valence electrons. The first-order valence-electron chi connectivity index (χ1n) is 4.83. The van der Waals surface area contributed by atoms with Crippen molar-refractivity contribution in [2.75, 3.05) is 0 Å². The van der Waals surface area contributed by atoms with Crippen LogP contribution < -0.4 is 0 Å². The molecule has 0 unspecified atom stereocenters. The Labute approximate surface area is 79.2 Å². The van der Waals surface area contributed by atoms with Gasteiger partial charge in [-0.15, -0.1) is 0 Å². The van der Waals surface area contributed by atoms with Crippen LogP contribution in [0.4, 0.5) is 0 Å². The summed E-state index contributed by atoms with van der Waals surface area (Å²) in [6, 6.07) is 6.10. The van der Waals surface area contributed by atoms with Crippen molar-refractivity contribution in [2.24, 2.45) is 0 Å². The standard InChI is InChI=1S/C9H10N2.C2H6/c1-2-8-4-5-9-10-6-3-7-11(8)9;1-2/h3-7H,2H2,1H3;1-2H3. The summed E-state index contributed by atoms with van der Waals surface area (Å²) in [6.45, 7) is 6.15. The predicted octanol–water partition coefficient (Wildman–Crippen LogP) is 2.92. The van der Waals surface area contributed by atoms with Crippen molar-refractivity contribution in [3.8, 4) is 0 Å². The first-order chi connectivity index (χ1) is 6.42. The zero-order valence-electron chi connectivity index (χ0n) is 8.49. The highest BCUT2D eigenvalue weighted by molar-refractivity contribution is 5.41. The first-order valence-corrected chi connectivity index (χ1v) is 4.83. The second kappa shape index (κ2) is 4.65. The molecule has 13 heavy (non-hydrogen) atoms. The summed E-state index contributed by atoms with van der Waals surface area (Å²) in [7, 11) is 0. The number of rotatable bonds is 1. The SMILES string of the molecule is CC.CCc1ccc2ncccn12. The van der Waals surface area contributed by atoms with Crippen LogP contribution in [-0.2, 0) is 6.42 Å². The summed E-state index contributed by atoms with van der Waals surface area (Å²) < 4.78 is 2.11. The molecule has 2 nitrogen and oxygen atoms in total. The van der Waals surface area contributed by atoms with E-state index >= 15 is 0 Å². The van der Waals surface area contributed by atoms with Crippen molar-refractivity contribution in [1.82, 2.24) is 9.38 Å². The number of nitrogens with zero attached hydrogens (tertiary/aromatic N) is 2. The van der Waals surface area contributed by atoms with E-state index in [0.29, 0.717) is 0 Å². The van der Waals surface area contributed by atoms with E-state index in [4.69, 9.17) is 0 Å². The maximum Gasteiger partial charge on any atom is 0.136 e. The molecule has 2 aromatic rings. The van der Waals surface area contributed by atoms with Crippen molar-refractivity contribution in [1.29, 1.82) is 0 Å². The fourth-order valence-corrected chi connectivity index (χ4v) is 1.29. The third-order valence-electron chi connectivity index (χ3n) is 1.87. The molecule has 0 fully saturated rings. The Morgan fingerprint density at radius 3 is 2.77 bits per heavy atom. The molecule has 2 rings (SSSR count). The number of aryl methyl sites for hydroxylation is 1. The molecule has 0 aliphatic rings. The van der Waals surface area contributed by atoms with Crippen molar-refractivity contribution < 1.29 is 0 Å². The molecule has 2 heterocycles. The van der Waals surface area contributed by atoms with Crippen LogP contribution in [0.25, 0.3) is 5.65 Å². The quantitative estimate of drug-likeness (QED) is 0.653. The summed E-state index contributed by atoms with van der Waals surface area (Å²) >= 11 is 0. The van der Waals surface area contributed by atoms with Crippen molar-refractivity contribution in [2.45, 2.75) is 27.2 Å². The van der Waals surface area contributed by atoms with Crippen LogP contribution >= 0.6 is 0 Å².